The number of rotatable bonds is 9. The van der Waals surface area contributed by atoms with Gasteiger partial charge in [-0.2, -0.15) is 0 Å². The lowest BCUT2D eigenvalue weighted by Gasteiger charge is -2.72. The first kappa shape index (κ1) is 38.6. The van der Waals surface area contributed by atoms with Gasteiger partial charge in [0.2, 0.25) is 0 Å². The Balaban J connectivity index is 1.31. The van der Waals surface area contributed by atoms with Gasteiger partial charge in [-0.05, 0) is 175 Å². The second-order valence-electron chi connectivity index (χ2n) is 20.4. The summed E-state index contributed by atoms with van der Waals surface area (Å²) in [5.41, 5.74) is 2.62. The topological polar surface area (TPSA) is 84.9 Å². The molecule has 6 aliphatic rings. The van der Waals surface area contributed by atoms with E-state index < -0.39 is 5.60 Å². The number of nitrogens with one attached hydrogen (secondary N) is 1. The van der Waals surface area contributed by atoms with Crippen LogP contribution in [0, 0.1) is 50.7 Å². The SMILES string of the molecule is CN(C)CCCC(=O)[C@]12CC[C@@H](NC(=O)OC(C)(C)C)[C@@H]1[C@H]1CC[C@@H]3[C@@]4(C)CC=C(C5=CCC(OC=O)CC5)C(C)(C)[C@@H]4CC[C@@]3(C)[C@]1(C)CC2. The molecule has 0 spiro atoms. The number of ether oxygens (including phenoxy) is 2. The number of hydrogen-bond donors (Lipinski definition) is 1. The standard InChI is InChI=1S/C44H70N2O5/c1-39(2,3)51-38(49)45-33-20-24-44(36(48)12-11-27-46(9)10)26-25-42(7)32(37(33)44)17-18-35-41(6)22-19-31(29-13-15-30(16-14-29)50-28-47)40(4,5)34(41)21-23-43(35,42)8/h13,19,28,30,32-35,37H,11-12,14-18,20-27H2,1-10H3,(H,45,49)/t30?,32-,33-,34+,35-,37+,41+,42-,43-,44-/m1/s1. The van der Waals surface area contributed by atoms with Crippen molar-refractivity contribution in [1.29, 1.82) is 0 Å². The molecule has 51 heavy (non-hydrogen) atoms. The van der Waals surface area contributed by atoms with Crippen molar-refractivity contribution >= 4 is 18.3 Å². The molecule has 4 fully saturated rings. The number of fused-ring (bicyclic) bond motifs is 7. The largest absolute Gasteiger partial charge is 0.464 e. The van der Waals surface area contributed by atoms with Gasteiger partial charge in [-0.25, -0.2) is 4.79 Å². The molecule has 0 aromatic carbocycles. The van der Waals surface area contributed by atoms with Crippen molar-refractivity contribution in [2.75, 3.05) is 20.6 Å². The molecule has 1 N–H and O–H groups in total. The van der Waals surface area contributed by atoms with Gasteiger partial charge in [-0.3, -0.25) is 9.59 Å². The van der Waals surface area contributed by atoms with Crippen LogP contribution in [0.3, 0.4) is 0 Å². The lowest BCUT2D eigenvalue weighted by atomic mass is 9.32. The molecule has 7 nitrogen and oxygen atoms in total. The molecular weight excluding hydrogens is 636 g/mol. The zero-order valence-corrected chi connectivity index (χ0v) is 33.8. The molecule has 6 aliphatic carbocycles. The summed E-state index contributed by atoms with van der Waals surface area (Å²) >= 11 is 0. The van der Waals surface area contributed by atoms with E-state index in [2.05, 4.69) is 71.1 Å². The number of Topliss-reactive ketones (excluding diaryl/α,β-unsaturated/α-hetero) is 1. The molecular formula is C44H70N2O5. The van der Waals surface area contributed by atoms with Crippen molar-refractivity contribution in [3.8, 4) is 0 Å². The predicted molar refractivity (Wildman–Crippen MR) is 203 cm³/mol. The highest BCUT2D eigenvalue weighted by Gasteiger charge is 2.71. The van der Waals surface area contributed by atoms with Gasteiger partial charge >= 0.3 is 6.09 Å². The minimum atomic E-state index is -0.564. The Morgan fingerprint density at radius 1 is 0.922 bits per heavy atom. The number of alkyl carbamates (subject to hydrolysis) is 1. The Morgan fingerprint density at radius 3 is 2.31 bits per heavy atom. The Kier molecular flexibility index (Phi) is 10.3. The van der Waals surface area contributed by atoms with Crippen LogP contribution >= 0.6 is 0 Å². The van der Waals surface area contributed by atoms with Gasteiger partial charge in [0.05, 0.1) is 0 Å². The Labute approximate surface area is 309 Å². The molecule has 1 unspecified atom stereocenters. The second kappa shape index (κ2) is 13.6. The zero-order valence-electron chi connectivity index (χ0n) is 33.8. The van der Waals surface area contributed by atoms with Crippen LogP contribution < -0.4 is 5.32 Å². The summed E-state index contributed by atoms with van der Waals surface area (Å²) in [7, 11) is 4.17. The fourth-order valence-corrected chi connectivity index (χ4v) is 13.9. The van der Waals surface area contributed by atoms with E-state index in [0.717, 1.165) is 70.8 Å². The van der Waals surface area contributed by atoms with Crippen LogP contribution in [-0.4, -0.2) is 61.6 Å². The second-order valence-corrected chi connectivity index (χ2v) is 20.4. The maximum atomic E-state index is 14.5. The molecule has 0 radical (unpaired) electrons. The third-order valence-electron chi connectivity index (χ3n) is 16.2. The van der Waals surface area contributed by atoms with Crippen molar-refractivity contribution in [1.82, 2.24) is 10.2 Å². The summed E-state index contributed by atoms with van der Waals surface area (Å²) in [4.78, 5) is 41.0. The molecule has 0 heterocycles. The van der Waals surface area contributed by atoms with Crippen LogP contribution in [0.5, 0.6) is 0 Å². The van der Waals surface area contributed by atoms with Crippen LogP contribution in [0.2, 0.25) is 0 Å². The van der Waals surface area contributed by atoms with Crippen LogP contribution in [0.15, 0.2) is 23.3 Å². The van der Waals surface area contributed by atoms with E-state index in [0.29, 0.717) is 36.4 Å². The highest BCUT2D eigenvalue weighted by Crippen LogP contribution is 2.77. The quantitative estimate of drug-likeness (QED) is 0.241. The number of amides is 1. The first-order valence-electron chi connectivity index (χ1n) is 20.5. The highest BCUT2D eigenvalue weighted by molar-refractivity contribution is 5.86. The van der Waals surface area contributed by atoms with Crippen LogP contribution in [-0.2, 0) is 19.1 Å². The lowest BCUT2D eigenvalue weighted by molar-refractivity contribution is -0.225. The van der Waals surface area contributed by atoms with E-state index in [1.54, 1.807) is 0 Å². The lowest BCUT2D eigenvalue weighted by Crippen LogP contribution is -2.66. The molecule has 0 saturated heterocycles. The summed E-state index contributed by atoms with van der Waals surface area (Å²) in [6, 6.07) is -0.0336. The summed E-state index contributed by atoms with van der Waals surface area (Å²) in [5.74, 6) is 2.19. The van der Waals surface area contributed by atoms with Crippen molar-refractivity contribution in [3.05, 3.63) is 23.3 Å². The predicted octanol–water partition coefficient (Wildman–Crippen LogP) is 9.44. The monoisotopic (exact) mass is 707 g/mol. The van der Waals surface area contributed by atoms with E-state index in [1.807, 2.05) is 20.8 Å². The maximum absolute atomic E-state index is 14.5. The van der Waals surface area contributed by atoms with E-state index in [9.17, 15) is 14.4 Å². The average molecular weight is 707 g/mol. The van der Waals surface area contributed by atoms with Crippen molar-refractivity contribution in [2.45, 2.75) is 163 Å². The van der Waals surface area contributed by atoms with Crippen LogP contribution in [0.25, 0.3) is 0 Å². The molecule has 0 bridgehead atoms. The smallest absolute Gasteiger partial charge is 0.407 e. The summed E-state index contributed by atoms with van der Waals surface area (Å²) < 4.78 is 11.1. The fraction of sp³-hybridized carbons (Fsp3) is 0.841. The van der Waals surface area contributed by atoms with Gasteiger partial charge in [0.25, 0.3) is 6.47 Å². The molecule has 0 aromatic heterocycles. The van der Waals surface area contributed by atoms with Gasteiger partial charge in [-0.15, -0.1) is 0 Å². The molecule has 10 atom stereocenters. The Morgan fingerprint density at radius 2 is 1.67 bits per heavy atom. The molecule has 1 amide bonds. The summed E-state index contributed by atoms with van der Waals surface area (Å²) in [6.45, 7) is 20.2. The normalized spacial score (nSPS) is 41.5. The number of ketones is 1. The molecule has 0 aliphatic heterocycles. The molecule has 4 saturated carbocycles. The Bertz CT molecular complexity index is 1420. The van der Waals surface area contributed by atoms with Gasteiger partial charge in [0.15, 0.2) is 0 Å². The van der Waals surface area contributed by atoms with E-state index in [-0.39, 0.29) is 51.2 Å². The molecule has 7 heteroatoms. The number of nitrogens with zero attached hydrogens (tertiary/aromatic N) is 1. The number of carbonyl (C=O) groups excluding carboxylic acids is 3. The third kappa shape index (κ3) is 6.45. The minimum absolute atomic E-state index is 0.0107. The zero-order chi connectivity index (χ0) is 37.2. The van der Waals surface area contributed by atoms with E-state index >= 15 is 0 Å². The van der Waals surface area contributed by atoms with Gasteiger partial charge in [0, 0.05) is 24.3 Å². The summed E-state index contributed by atoms with van der Waals surface area (Å²) in [5, 5.41) is 3.37. The van der Waals surface area contributed by atoms with E-state index in [1.165, 1.54) is 30.4 Å². The summed E-state index contributed by atoms with van der Waals surface area (Å²) in [6.07, 6.45) is 18.5. The third-order valence-corrected chi connectivity index (χ3v) is 16.2. The first-order valence-corrected chi connectivity index (χ1v) is 20.5. The van der Waals surface area contributed by atoms with Crippen molar-refractivity contribution in [3.63, 3.8) is 0 Å². The van der Waals surface area contributed by atoms with Crippen LogP contribution in [0.4, 0.5) is 4.79 Å². The van der Waals surface area contributed by atoms with Gasteiger partial charge < -0.3 is 19.7 Å². The van der Waals surface area contributed by atoms with Crippen LogP contribution in [0.1, 0.15) is 145 Å². The minimum Gasteiger partial charge on any atom is -0.464 e. The highest BCUT2D eigenvalue weighted by atomic mass is 16.6. The molecule has 0 aromatic rings. The number of carbonyl (C=O) groups is 3. The molecule has 6 rings (SSSR count). The Hall–Kier alpha value is -2.15. The van der Waals surface area contributed by atoms with Gasteiger partial charge in [0.1, 0.15) is 17.5 Å². The molecule has 286 valence electrons. The van der Waals surface area contributed by atoms with Crippen molar-refractivity contribution < 1.29 is 23.9 Å². The van der Waals surface area contributed by atoms with E-state index in [4.69, 9.17) is 9.47 Å². The van der Waals surface area contributed by atoms with Gasteiger partial charge in [-0.1, -0.05) is 46.8 Å². The number of hydrogen-bond acceptors (Lipinski definition) is 6. The average Bonchev–Trinajstić information content (AvgIpc) is 3.40. The first-order chi connectivity index (χ1) is 23.8. The fourth-order valence-electron chi connectivity index (χ4n) is 13.9. The van der Waals surface area contributed by atoms with Crippen molar-refractivity contribution in [2.24, 2.45) is 50.7 Å². The maximum Gasteiger partial charge on any atom is 0.407 e. The number of allylic oxidation sites excluding steroid dienone is 3.